The quantitative estimate of drug-likeness (QED) is 0.616. The third-order valence-electron chi connectivity index (χ3n) is 1.65. The highest BCUT2D eigenvalue weighted by molar-refractivity contribution is 7.10. The van der Waals surface area contributed by atoms with Crippen LogP contribution in [0.15, 0.2) is 11.4 Å². The summed E-state index contributed by atoms with van der Waals surface area (Å²) in [6, 6.07) is 2.17. The van der Waals surface area contributed by atoms with Gasteiger partial charge in [0.2, 0.25) is 0 Å². The van der Waals surface area contributed by atoms with E-state index < -0.39 is 0 Å². The van der Waals surface area contributed by atoms with Gasteiger partial charge in [0.25, 0.3) is 0 Å². The molecule has 1 aromatic rings. The lowest BCUT2D eigenvalue weighted by Crippen LogP contribution is -1.96. The molecule has 62 valence electrons. The topological polar surface area (TPSA) is 0 Å². The molecule has 0 aromatic carbocycles. The minimum Gasteiger partial charge on any atom is -0.149 e. The number of hydrogen-bond donors (Lipinski definition) is 0. The minimum absolute atomic E-state index is 0.181. The van der Waals surface area contributed by atoms with Crippen molar-refractivity contribution in [1.82, 2.24) is 0 Å². The monoisotopic (exact) mass is 188 g/mol. The van der Waals surface area contributed by atoms with Gasteiger partial charge in [0.05, 0.1) is 5.38 Å². The molecule has 0 bridgehead atoms. The molecule has 0 saturated heterocycles. The van der Waals surface area contributed by atoms with Gasteiger partial charge in [0.15, 0.2) is 0 Å². The van der Waals surface area contributed by atoms with E-state index in [1.54, 1.807) is 11.3 Å². The van der Waals surface area contributed by atoms with Gasteiger partial charge in [-0.05, 0) is 29.9 Å². The lowest BCUT2D eigenvalue weighted by atomic mass is 10.1. The summed E-state index contributed by atoms with van der Waals surface area (Å²) >= 11 is 7.93. The molecule has 11 heavy (non-hydrogen) atoms. The van der Waals surface area contributed by atoms with Crippen LogP contribution in [0.25, 0.3) is 0 Å². The first-order chi connectivity index (χ1) is 5.11. The van der Waals surface area contributed by atoms with Crippen LogP contribution in [0.3, 0.4) is 0 Å². The summed E-state index contributed by atoms with van der Waals surface area (Å²) in [6.45, 7) is 6.40. The largest absolute Gasteiger partial charge is 0.149 e. The second kappa shape index (κ2) is 3.59. The van der Waals surface area contributed by atoms with Crippen LogP contribution in [-0.4, -0.2) is 0 Å². The van der Waals surface area contributed by atoms with Crippen molar-refractivity contribution in [2.45, 2.75) is 26.1 Å². The summed E-state index contributed by atoms with van der Waals surface area (Å²) in [6.07, 6.45) is 0. The predicted octanol–water partition coefficient (Wildman–Crippen LogP) is 3.99. The minimum atomic E-state index is 0.181. The molecule has 0 amide bonds. The van der Waals surface area contributed by atoms with E-state index in [2.05, 4.69) is 32.2 Å². The Morgan fingerprint density at radius 3 is 2.45 bits per heavy atom. The van der Waals surface area contributed by atoms with Crippen molar-refractivity contribution < 1.29 is 0 Å². The van der Waals surface area contributed by atoms with Crippen LogP contribution >= 0.6 is 22.9 Å². The Kier molecular flexibility index (Phi) is 2.97. The Balaban J connectivity index is 2.76. The molecule has 0 radical (unpaired) electrons. The Labute approximate surface area is 77.2 Å². The Hall–Kier alpha value is -0.0100. The van der Waals surface area contributed by atoms with Gasteiger partial charge in [0, 0.05) is 4.88 Å². The summed E-state index contributed by atoms with van der Waals surface area (Å²) in [5.41, 5.74) is 1.27. The van der Waals surface area contributed by atoms with Gasteiger partial charge in [-0.1, -0.05) is 13.8 Å². The molecule has 0 aliphatic carbocycles. The molecule has 1 rings (SSSR count). The molecule has 2 heteroatoms. The molecule has 0 nitrogen and oxygen atoms in total. The molecule has 1 atom stereocenters. The van der Waals surface area contributed by atoms with E-state index in [9.17, 15) is 0 Å². The second-order valence-corrected chi connectivity index (χ2v) is 4.72. The summed E-state index contributed by atoms with van der Waals surface area (Å²) in [5, 5.41) is 2.33. The van der Waals surface area contributed by atoms with Crippen molar-refractivity contribution in [3.8, 4) is 0 Å². The summed E-state index contributed by atoms with van der Waals surface area (Å²) < 4.78 is 0. The van der Waals surface area contributed by atoms with Gasteiger partial charge >= 0.3 is 0 Å². The molecule has 0 aliphatic heterocycles. The van der Waals surface area contributed by atoms with E-state index in [0.29, 0.717) is 5.92 Å². The van der Waals surface area contributed by atoms with E-state index in [4.69, 9.17) is 11.6 Å². The number of aryl methyl sites for hydroxylation is 1. The molecule has 0 aliphatic rings. The second-order valence-electron chi connectivity index (χ2n) is 3.14. The molecular formula is C9H13ClS. The molecule has 1 heterocycles. The van der Waals surface area contributed by atoms with E-state index in [1.807, 2.05) is 0 Å². The average molecular weight is 189 g/mol. The number of hydrogen-bond acceptors (Lipinski definition) is 1. The Morgan fingerprint density at radius 1 is 1.45 bits per heavy atom. The first-order valence-corrected chi connectivity index (χ1v) is 5.12. The molecule has 0 saturated carbocycles. The van der Waals surface area contributed by atoms with Crippen molar-refractivity contribution in [3.05, 3.63) is 21.9 Å². The third kappa shape index (κ3) is 2.21. The number of alkyl halides is 1. The zero-order chi connectivity index (χ0) is 8.43. The Morgan fingerprint density at radius 2 is 2.09 bits per heavy atom. The first-order valence-electron chi connectivity index (χ1n) is 3.80. The zero-order valence-corrected chi connectivity index (χ0v) is 8.67. The van der Waals surface area contributed by atoms with Crippen LogP contribution < -0.4 is 0 Å². The molecular weight excluding hydrogens is 176 g/mol. The standard InChI is InChI=1S/C9H13ClS/c1-6(2)9(10)8-4-7(3)11-5-8/h4-6,9H,1-3H3. The van der Waals surface area contributed by atoms with Crippen molar-refractivity contribution in [2.24, 2.45) is 5.92 Å². The maximum Gasteiger partial charge on any atom is 0.0616 e. The smallest absolute Gasteiger partial charge is 0.0616 e. The number of thiophene rings is 1. The molecule has 0 fully saturated rings. The fourth-order valence-electron chi connectivity index (χ4n) is 0.993. The maximum atomic E-state index is 6.16. The molecule has 0 spiro atoms. The molecule has 0 N–H and O–H groups in total. The fraction of sp³-hybridized carbons (Fsp3) is 0.556. The normalized spacial score (nSPS) is 13.9. The highest BCUT2D eigenvalue weighted by atomic mass is 35.5. The van der Waals surface area contributed by atoms with E-state index in [-0.39, 0.29) is 5.38 Å². The lowest BCUT2D eigenvalue weighted by Gasteiger charge is -2.10. The van der Waals surface area contributed by atoms with Crippen LogP contribution in [0.2, 0.25) is 0 Å². The first kappa shape index (κ1) is 9.08. The average Bonchev–Trinajstić information content (AvgIpc) is 2.34. The van der Waals surface area contributed by atoms with Crippen LogP contribution in [0.5, 0.6) is 0 Å². The zero-order valence-electron chi connectivity index (χ0n) is 7.10. The van der Waals surface area contributed by atoms with Gasteiger partial charge < -0.3 is 0 Å². The van der Waals surface area contributed by atoms with Crippen LogP contribution in [0.1, 0.15) is 29.7 Å². The number of rotatable bonds is 2. The fourth-order valence-corrected chi connectivity index (χ4v) is 1.93. The molecule has 1 aromatic heterocycles. The third-order valence-corrected chi connectivity index (χ3v) is 3.29. The van der Waals surface area contributed by atoms with Crippen LogP contribution in [-0.2, 0) is 0 Å². The van der Waals surface area contributed by atoms with Crippen LogP contribution in [0, 0.1) is 12.8 Å². The number of halogens is 1. The van der Waals surface area contributed by atoms with Crippen molar-refractivity contribution >= 4 is 22.9 Å². The highest BCUT2D eigenvalue weighted by Crippen LogP contribution is 2.31. The van der Waals surface area contributed by atoms with Crippen molar-refractivity contribution in [2.75, 3.05) is 0 Å². The van der Waals surface area contributed by atoms with Gasteiger partial charge in [-0.15, -0.1) is 22.9 Å². The summed E-state index contributed by atoms with van der Waals surface area (Å²) in [7, 11) is 0. The summed E-state index contributed by atoms with van der Waals surface area (Å²) in [4.78, 5) is 1.34. The SMILES string of the molecule is Cc1cc(C(Cl)C(C)C)cs1. The predicted molar refractivity (Wildman–Crippen MR) is 52.5 cm³/mol. The van der Waals surface area contributed by atoms with E-state index in [0.717, 1.165) is 0 Å². The summed E-state index contributed by atoms with van der Waals surface area (Å²) in [5.74, 6) is 0.519. The lowest BCUT2D eigenvalue weighted by molar-refractivity contribution is 0.625. The van der Waals surface area contributed by atoms with Gasteiger partial charge in [-0.3, -0.25) is 0 Å². The molecule has 1 unspecified atom stereocenters. The maximum absolute atomic E-state index is 6.16. The van der Waals surface area contributed by atoms with Crippen LogP contribution in [0.4, 0.5) is 0 Å². The van der Waals surface area contributed by atoms with E-state index in [1.165, 1.54) is 10.4 Å². The van der Waals surface area contributed by atoms with E-state index >= 15 is 0 Å². The van der Waals surface area contributed by atoms with Crippen molar-refractivity contribution in [3.63, 3.8) is 0 Å². The van der Waals surface area contributed by atoms with Crippen molar-refractivity contribution in [1.29, 1.82) is 0 Å². The Bertz CT molecular complexity index is 227. The van der Waals surface area contributed by atoms with Gasteiger partial charge in [-0.25, -0.2) is 0 Å². The van der Waals surface area contributed by atoms with Gasteiger partial charge in [0.1, 0.15) is 0 Å². The van der Waals surface area contributed by atoms with Gasteiger partial charge in [-0.2, -0.15) is 0 Å². The highest BCUT2D eigenvalue weighted by Gasteiger charge is 2.12.